The Balaban J connectivity index is 2.07. The van der Waals surface area contributed by atoms with E-state index in [9.17, 15) is 15.3 Å². The van der Waals surface area contributed by atoms with Crippen molar-refractivity contribution in [2.45, 2.75) is 0 Å². The van der Waals surface area contributed by atoms with Gasteiger partial charge >= 0.3 is 0 Å². The van der Waals surface area contributed by atoms with Crippen molar-refractivity contribution in [1.29, 1.82) is 0 Å². The van der Waals surface area contributed by atoms with Gasteiger partial charge in [0.15, 0.2) is 0 Å². The monoisotopic (exact) mass is 270 g/mol. The lowest BCUT2D eigenvalue weighted by Gasteiger charge is -2.01. The molecule has 20 heavy (non-hydrogen) atoms. The Bertz CT molecular complexity index is 747. The van der Waals surface area contributed by atoms with Gasteiger partial charge in [-0.1, -0.05) is 23.4 Å². The third-order valence-corrected chi connectivity index (χ3v) is 2.76. The summed E-state index contributed by atoms with van der Waals surface area (Å²) in [6.07, 6.45) is 0. The lowest BCUT2D eigenvalue weighted by molar-refractivity contribution is 0.416. The van der Waals surface area contributed by atoms with Gasteiger partial charge in [0.1, 0.15) is 22.8 Å². The molecule has 0 unspecified atom stereocenters. The molecule has 3 rings (SSSR count). The van der Waals surface area contributed by atoms with Crippen molar-refractivity contribution < 1.29 is 19.8 Å². The van der Waals surface area contributed by atoms with E-state index in [2.05, 4.69) is 10.1 Å². The fraction of sp³-hybridized carbons (Fsp3) is 0. The van der Waals surface area contributed by atoms with E-state index < -0.39 is 0 Å². The van der Waals surface area contributed by atoms with Crippen LogP contribution in [0.4, 0.5) is 0 Å². The number of benzene rings is 2. The highest BCUT2D eigenvalue weighted by atomic mass is 16.5. The quantitative estimate of drug-likeness (QED) is 0.661. The van der Waals surface area contributed by atoms with Crippen LogP contribution >= 0.6 is 0 Å². The van der Waals surface area contributed by atoms with Crippen LogP contribution in [-0.2, 0) is 0 Å². The van der Waals surface area contributed by atoms with E-state index in [1.165, 1.54) is 30.3 Å². The number of nitrogens with zero attached hydrogens (tertiary/aromatic N) is 2. The number of phenols is 3. The zero-order valence-corrected chi connectivity index (χ0v) is 10.2. The zero-order chi connectivity index (χ0) is 14.1. The van der Waals surface area contributed by atoms with Crippen molar-refractivity contribution in [3.63, 3.8) is 0 Å². The number of rotatable bonds is 2. The maximum atomic E-state index is 9.74. The van der Waals surface area contributed by atoms with Crippen molar-refractivity contribution in [3.05, 3.63) is 42.5 Å². The van der Waals surface area contributed by atoms with Crippen molar-refractivity contribution >= 4 is 0 Å². The molecule has 2 aromatic carbocycles. The maximum absolute atomic E-state index is 9.74. The number of phenolic OH excluding ortho intramolecular Hbond substituents is 3. The second-order valence-electron chi connectivity index (χ2n) is 4.14. The van der Waals surface area contributed by atoms with Crippen LogP contribution in [0.25, 0.3) is 22.8 Å². The summed E-state index contributed by atoms with van der Waals surface area (Å²) in [7, 11) is 0. The molecule has 0 bridgehead atoms. The Morgan fingerprint density at radius 1 is 0.900 bits per heavy atom. The predicted molar refractivity (Wildman–Crippen MR) is 70.2 cm³/mol. The van der Waals surface area contributed by atoms with Crippen LogP contribution in [0.1, 0.15) is 0 Å². The highest BCUT2D eigenvalue weighted by Crippen LogP contribution is 2.36. The summed E-state index contributed by atoms with van der Waals surface area (Å²) in [5.41, 5.74) is 0.640. The van der Waals surface area contributed by atoms with Crippen LogP contribution < -0.4 is 0 Å². The average molecular weight is 270 g/mol. The zero-order valence-electron chi connectivity index (χ0n) is 10.2. The Labute approximate surface area is 113 Å². The van der Waals surface area contributed by atoms with Gasteiger partial charge in [0.2, 0.25) is 5.82 Å². The Morgan fingerprint density at radius 2 is 1.60 bits per heavy atom. The molecule has 1 heterocycles. The lowest BCUT2D eigenvalue weighted by Crippen LogP contribution is -1.82. The topological polar surface area (TPSA) is 99.6 Å². The van der Waals surface area contributed by atoms with Crippen LogP contribution in [0, 0.1) is 0 Å². The standard InChI is InChI=1S/C14H10N2O4/c17-9-4-1-3-8(7-9)13-15-14(20-16-13)12-10(18)5-2-6-11(12)19/h1-7,17-19H. The number of aromatic nitrogens is 2. The first kappa shape index (κ1) is 12.0. The van der Waals surface area contributed by atoms with Crippen molar-refractivity contribution in [1.82, 2.24) is 10.1 Å². The summed E-state index contributed by atoms with van der Waals surface area (Å²) in [6, 6.07) is 10.7. The fourth-order valence-electron chi connectivity index (χ4n) is 1.83. The minimum atomic E-state index is -0.156. The fourth-order valence-corrected chi connectivity index (χ4v) is 1.83. The van der Waals surface area contributed by atoms with Gasteiger partial charge in [-0.15, -0.1) is 0 Å². The van der Waals surface area contributed by atoms with Gasteiger partial charge in [-0.3, -0.25) is 0 Å². The molecule has 0 atom stereocenters. The molecule has 0 saturated carbocycles. The highest BCUT2D eigenvalue weighted by molar-refractivity contribution is 5.71. The van der Waals surface area contributed by atoms with Crippen LogP contribution in [0.2, 0.25) is 0 Å². The van der Waals surface area contributed by atoms with E-state index in [4.69, 9.17) is 4.52 Å². The van der Waals surface area contributed by atoms with Crippen molar-refractivity contribution in [3.8, 4) is 40.1 Å². The van der Waals surface area contributed by atoms with E-state index in [0.717, 1.165) is 0 Å². The van der Waals surface area contributed by atoms with Crippen LogP contribution in [-0.4, -0.2) is 25.5 Å². The molecule has 3 N–H and O–H groups in total. The first-order valence-electron chi connectivity index (χ1n) is 5.79. The predicted octanol–water partition coefficient (Wildman–Crippen LogP) is 2.52. The highest BCUT2D eigenvalue weighted by Gasteiger charge is 2.17. The molecule has 6 nitrogen and oxygen atoms in total. The van der Waals surface area contributed by atoms with E-state index in [0.29, 0.717) is 5.56 Å². The van der Waals surface area contributed by atoms with Crippen molar-refractivity contribution in [2.75, 3.05) is 0 Å². The van der Waals surface area contributed by atoms with Gasteiger partial charge in [-0.2, -0.15) is 4.98 Å². The second-order valence-corrected chi connectivity index (χ2v) is 4.14. The molecule has 100 valence electrons. The summed E-state index contributed by atoms with van der Waals surface area (Å²) in [4.78, 5) is 4.10. The molecule has 0 amide bonds. The summed E-state index contributed by atoms with van der Waals surface area (Å²) in [5.74, 6) is 0.0176. The summed E-state index contributed by atoms with van der Waals surface area (Å²) < 4.78 is 5.04. The first-order valence-corrected chi connectivity index (χ1v) is 5.79. The van der Waals surface area contributed by atoms with Crippen LogP contribution in [0.5, 0.6) is 17.2 Å². The molecular weight excluding hydrogens is 260 g/mol. The Morgan fingerprint density at radius 3 is 2.30 bits per heavy atom. The molecule has 0 aliphatic carbocycles. The lowest BCUT2D eigenvalue weighted by atomic mass is 10.1. The van der Waals surface area contributed by atoms with Gasteiger partial charge in [0.05, 0.1) is 0 Å². The number of aromatic hydroxyl groups is 3. The van der Waals surface area contributed by atoms with E-state index in [1.807, 2.05) is 0 Å². The van der Waals surface area contributed by atoms with Gasteiger partial charge in [0.25, 0.3) is 5.89 Å². The first-order chi connectivity index (χ1) is 9.65. The largest absolute Gasteiger partial charge is 0.508 e. The summed E-state index contributed by atoms with van der Waals surface area (Å²) in [5, 5.41) is 32.7. The molecule has 6 heteroatoms. The Kier molecular flexibility index (Phi) is 2.76. The molecule has 0 aliphatic heterocycles. The molecule has 3 aromatic rings. The minimum absolute atomic E-state index is 0.000979. The second kappa shape index (κ2) is 4.58. The van der Waals surface area contributed by atoms with Gasteiger partial charge in [0, 0.05) is 5.56 Å². The van der Waals surface area contributed by atoms with E-state index >= 15 is 0 Å². The smallest absolute Gasteiger partial charge is 0.265 e. The molecule has 0 spiro atoms. The van der Waals surface area contributed by atoms with Crippen molar-refractivity contribution in [2.24, 2.45) is 0 Å². The van der Waals surface area contributed by atoms with Crippen LogP contribution in [0.15, 0.2) is 47.0 Å². The Hall–Kier alpha value is -3.02. The van der Waals surface area contributed by atoms with Crippen LogP contribution in [0.3, 0.4) is 0 Å². The maximum Gasteiger partial charge on any atom is 0.265 e. The molecular formula is C14H10N2O4. The van der Waals surface area contributed by atoms with Gasteiger partial charge in [-0.05, 0) is 24.3 Å². The normalized spacial score (nSPS) is 10.6. The SMILES string of the molecule is Oc1cccc(-c2noc(-c3c(O)cccc3O)n2)c1. The molecule has 0 aliphatic rings. The molecule has 1 aromatic heterocycles. The summed E-state index contributed by atoms with van der Waals surface area (Å²) in [6.45, 7) is 0. The molecule has 0 fully saturated rings. The third kappa shape index (κ3) is 2.03. The molecule has 0 saturated heterocycles. The minimum Gasteiger partial charge on any atom is -0.508 e. The van der Waals surface area contributed by atoms with E-state index in [1.54, 1.807) is 12.1 Å². The average Bonchev–Trinajstić information content (AvgIpc) is 2.88. The molecule has 0 radical (unpaired) electrons. The van der Waals surface area contributed by atoms with Gasteiger partial charge in [-0.25, -0.2) is 0 Å². The number of hydrogen-bond acceptors (Lipinski definition) is 6. The van der Waals surface area contributed by atoms with Gasteiger partial charge < -0.3 is 19.8 Å². The van der Waals surface area contributed by atoms with E-state index in [-0.39, 0.29) is 34.5 Å². The third-order valence-electron chi connectivity index (χ3n) is 2.76. The number of hydrogen-bond donors (Lipinski definition) is 3. The summed E-state index contributed by atoms with van der Waals surface area (Å²) >= 11 is 0.